The number of esters is 1. The molecule has 0 unspecified atom stereocenters. The van der Waals surface area contributed by atoms with Crippen LogP contribution >= 0.6 is 0 Å². The van der Waals surface area contributed by atoms with E-state index in [-0.39, 0.29) is 18.3 Å². The standard InChI is InChI=1S/C19H25N3O3/c1-2-25-18(23)11-15-13-22-16(9-6-10-17(22)21-15)19(24)20-12-14-7-4-3-5-8-14/h6,9-10,13-14H,2-5,7-8,11-12H2,1H3,(H,20,24). The van der Waals surface area contributed by atoms with Crippen molar-refractivity contribution in [3.05, 3.63) is 35.8 Å². The molecule has 2 aromatic heterocycles. The number of amides is 1. The third kappa shape index (κ3) is 4.38. The van der Waals surface area contributed by atoms with Crippen LogP contribution < -0.4 is 5.32 Å². The molecule has 2 aromatic rings. The molecule has 1 N–H and O–H groups in total. The molecule has 0 spiro atoms. The number of carbonyl (C=O) groups excluding carboxylic acids is 2. The molecule has 1 aliphatic rings. The van der Waals surface area contributed by atoms with Gasteiger partial charge in [0.1, 0.15) is 11.3 Å². The van der Waals surface area contributed by atoms with Crippen LogP contribution in [0.3, 0.4) is 0 Å². The van der Waals surface area contributed by atoms with Crippen LogP contribution in [0.15, 0.2) is 24.4 Å². The van der Waals surface area contributed by atoms with Gasteiger partial charge in [-0.2, -0.15) is 0 Å². The van der Waals surface area contributed by atoms with Gasteiger partial charge in [-0.15, -0.1) is 0 Å². The maximum atomic E-state index is 12.6. The van der Waals surface area contributed by atoms with Crippen molar-refractivity contribution >= 4 is 17.5 Å². The lowest BCUT2D eigenvalue weighted by Gasteiger charge is -2.21. The topological polar surface area (TPSA) is 72.7 Å². The number of hydrogen-bond donors (Lipinski definition) is 1. The predicted octanol–water partition coefficient (Wildman–Crippen LogP) is 2.75. The second-order valence-corrected chi connectivity index (χ2v) is 6.57. The van der Waals surface area contributed by atoms with E-state index in [0.717, 1.165) is 6.54 Å². The Morgan fingerprint density at radius 2 is 2.08 bits per heavy atom. The van der Waals surface area contributed by atoms with Gasteiger partial charge in [0, 0.05) is 12.7 Å². The highest BCUT2D eigenvalue weighted by molar-refractivity contribution is 5.93. The van der Waals surface area contributed by atoms with Gasteiger partial charge < -0.3 is 10.1 Å². The van der Waals surface area contributed by atoms with E-state index in [2.05, 4.69) is 10.3 Å². The van der Waals surface area contributed by atoms with Crippen LogP contribution in [-0.4, -0.2) is 34.4 Å². The minimum Gasteiger partial charge on any atom is -0.466 e. The van der Waals surface area contributed by atoms with Crippen molar-refractivity contribution in [2.24, 2.45) is 5.92 Å². The largest absolute Gasteiger partial charge is 0.466 e. The zero-order valence-corrected chi connectivity index (χ0v) is 14.7. The Balaban J connectivity index is 1.70. The Labute approximate surface area is 147 Å². The molecule has 0 saturated heterocycles. The molecule has 0 bridgehead atoms. The SMILES string of the molecule is CCOC(=O)Cc1cn2c(C(=O)NCC3CCCCC3)cccc2n1. The van der Waals surface area contributed by atoms with Gasteiger partial charge in [0.15, 0.2) is 0 Å². The summed E-state index contributed by atoms with van der Waals surface area (Å²) in [4.78, 5) is 28.6. The Bertz CT molecular complexity index is 747. The Morgan fingerprint density at radius 3 is 2.84 bits per heavy atom. The molecule has 0 radical (unpaired) electrons. The molecule has 0 aromatic carbocycles. The van der Waals surface area contributed by atoms with Crippen LogP contribution in [0.2, 0.25) is 0 Å². The fraction of sp³-hybridized carbons (Fsp3) is 0.526. The molecule has 0 atom stereocenters. The first-order valence-electron chi connectivity index (χ1n) is 9.08. The van der Waals surface area contributed by atoms with E-state index in [4.69, 9.17) is 4.74 Å². The van der Waals surface area contributed by atoms with Crippen LogP contribution in [0.4, 0.5) is 0 Å². The van der Waals surface area contributed by atoms with E-state index in [0.29, 0.717) is 29.6 Å². The first-order chi connectivity index (χ1) is 12.2. The monoisotopic (exact) mass is 343 g/mol. The molecule has 2 heterocycles. The fourth-order valence-corrected chi connectivity index (χ4v) is 3.41. The van der Waals surface area contributed by atoms with Gasteiger partial charge in [-0.25, -0.2) is 4.98 Å². The summed E-state index contributed by atoms with van der Waals surface area (Å²) in [7, 11) is 0. The first-order valence-corrected chi connectivity index (χ1v) is 9.08. The maximum Gasteiger partial charge on any atom is 0.311 e. The van der Waals surface area contributed by atoms with E-state index in [9.17, 15) is 9.59 Å². The summed E-state index contributed by atoms with van der Waals surface area (Å²) in [6.45, 7) is 2.84. The van der Waals surface area contributed by atoms with Gasteiger partial charge >= 0.3 is 5.97 Å². The van der Waals surface area contributed by atoms with Crippen molar-refractivity contribution in [1.29, 1.82) is 0 Å². The second kappa shape index (κ2) is 8.14. The van der Waals surface area contributed by atoms with E-state index < -0.39 is 0 Å². The average Bonchev–Trinajstić information content (AvgIpc) is 3.02. The Hall–Kier alpha value is -2.37. The normalized spacial score (nSPS) is 15.2. The fourth-order valence-electron chi connectivity index (χ4n) is 3.41. The van der Waals surface area contributed by atoms with Crippen LogP contribution in [0.25, 0.3) is 5.65 Å². The highest BCUT2D eigenvalue weighted by Gasteiger charge is 2.17. The van der Waals surface area contributed by atoms with Gasteiger partial charge in [0.25, 0.3) is 5.91 Å². The molecule has 134 valence electrons. The molecule has 1 fully saturated rings. The number of nitrogens with one attached hydrogen (secondary N) is 1. The summed E-state index contributed by atoms with van der Waals surface area (Å²) in [6.07, 6.45) is 8.06. The summed E-state index contributed by atoms with van der Waals surface area (Å²) in [5.74, 6) is 0.171. The number of nitrogens with zero attached hydrogens (tertiary/aromatic N) is 2. The first kappa shape index (κ1) is 17.5. The lowest BCUT2D eigenvalue weighted by molar-refractivity contribution is -0.142. The summed E-state index contributed by atoms with van der Waals surface area (Å²) < 4.78 is 6.70. The zero-order chi connectivity index (χ0) is 17.6. The molecule has 0 aliphatic heterocycles. The van der Waals surface area contributed by atoms with Gasteiger partial charge in [0.05, 0.1) is 18.7 Å². The quantitative estimate of drug-likeness (QED) is 0.819. The van der Waals surface area contributed by atoms with E-state index in [1.807, 2.05) is 12.1 Å². The number of rotatable bonds is 6. The second-order valence-electron chi connectivity index (χ2n) is 6.57. The van der Waals surface area contributed by atoms with Crippen LogP contribution in [0.5, 0.6) is 0 Å². The van der Waals surface area contributed by atoms with Gasteiger partial charge in [-0.1, -0.05) is 25.3 Å². The van der Waals surface area contributed by atoms with E-state index in [1.54, 1.807) is 23.6 Å². The third-order valence-corrected chi connectivity index (χ3v) is 4.68. The molecule has 3 rings (SSSR count). The molecule has 6 heteroatoms. The van der Waals surface area contributed by atoms with E-state index in [1.165, 1.54) is 32.1 Å². The van der Waals surface area contributed by atoms with Crippen molar-refractivity contribution in [3.8, 4) is 0 Å². The number of hydrogen-bond acceptors (Lipinski definition) is 4. The molecular weight excluding hydrogens is 318 g/mol. The maximum absolute atomic E-state index is 12.6. The summed E-state index contributed by atoms with van der Waals surface area (Å²) in [5, 5.41) is 3.05. The molecule has 1 amide bonds. The minimum absolute atomic E-state index is 0.101. The summed E-state index contributed by atoms with van der Waals surface area (Å²) >= 11 is 0. The number of fused-ring (bicyclic) bond motifs is 1. The van der Waals surface area contributed by atoms with Gasteiger partial charge in [0.2, 0.25) is 0 Å². The number of ether oxygens (including phenoxy) is 1. The van der Waals surface area contributed by atoms with Gasteiger partial charge in [-0.05, 0) is 37.8 Å². The highest BCUT2D eigenvalue weighted by atomic mass is 16.5. The van der Waals surface area contributed by atoms with Crippen molar-refractivity contribution in [2.45, 2.75) is 45.4 Å². The Kier molecular flexibility index (Phi) is 5.68. The van der Waals surface area contributed by atoms with Crippen molar-refractivity contribution in [1.82, 2.24) is 14.7 Å². The molecular formula is C19H25N3O3. The van der Waals surface area contributed by atoms with Crippen LogP contribution in [0, 0.1) is 5.92 Å². The number of aromatic nitrogens is 2. The lowest BCUT2D eigenvalue weighted by Crippen LogP contribution is -2.31. The molecule has 25 heavy (non-hydrogen) atoms. The lowest BCUT2D eigenvalue weighted by atomic mass is 9.89. The minimum atomic E-state index is -0.311. The van der Waals surface area contributed by atoms with Crippen LogP contribution in [-0.2, 0) is 16.0 Å². The van der Waals surface area contributed by atoms with Crippen molar-refractivity contribution in [3.63, 3.8) is 0 Å². The molecule has 6 nitrogen and oxygen atoms in total. The average molecular weight is 343 g/mol. The smallest absolute Gasteiger partial charge is 0.311 e. The van der Waals surface area contributed by atoms with Crippen molar-refractivity contribution < 1.29 is 14.3 Å². The number of imidazole rings is 1. The van der Waals surface area contributed by atoms with Crippen molar-refractivity contribution in [2.75, 3.05) is 13.2 Å². The molecule has 1 saturated carbocycles. The molecule has 1 aliphatic carbocycles. The third-order valence-electron chi connectivity index (χ3n) is 4.68. The summed E-state index contributed by atoms with van der Waals surface area (Å²) in [5.41, 5.74) is 1.80. The predicted molar refractivity (Wildman–Crippen MR) is 94.4 cm³/mol. The highest BCUT2D eigenvalue weighted by Crippen LogP contribution is 2.22. The number of carbonyl (C=O) groups is 2. The van der Waals surface area contributed by atoms with Crippen LogP contribution in [0.1, 0.15) is 55.2 Å². The number of pyridine rings is 1. The van der Waals surface area contributed by atoms with E-state index >= 15 is 0 Å². The van der Waals surface area contributed by atoms with Gasteiger partial charge in [-0.3, -0.25) is 14.0 Å². The summed E-state index contributed by atoms with van der Waals surface area (Å²) in [6, 6.07) is 5.41. The Morgan fingerprint density at radius 1 is 1.28 bits per heavy atom. The zero-order valence-electron chi connectivity index (χ0n) is 14.7.